The molecule has 1 aliphatic rings. The lowest BCUT2D eigenvalue weighted by Crippen LogP contribution is -2.36. The number of sulfone groups is 1. The number of halogens is 2. The summed E-state index contributed by atoms with van der Waals surface area (Å²) in [6, 6.07) is 2.85. The molecular weight excluding hydrogens is 354 g/mol. The number of aromatic nitrogens is 2. The van der Waals surface area contributed by atoms with Crippen molar-refractivity contribution in [3.63, 3.8) is 0 Å². The van der Waals surface area contributed by atoms with Gasteiger partial charge in [0.25, 0.3) is 5.91 Å². The number of rotatable bonds is 4. The number of hydrogen-bond acceptors (Lipinski definition) is 6. The van der Waals surface area contributed by atoms with Gasteiger partial charge in [-0.05, 0) is 18.6 Å². The van der Waals surface area contributed by atoms with Crippen molar-refractivity contribution in [2.45, 2.75) is 12.5 Å². The molecule has 0 spiro atoms. The molecule has 1 saturated heterocycles. The van der Waals surface area contributed by atoms with E-state index in [0.717, 1.165) is 12.1 Å². The molecule has 0 saturated carbocycles. The summed E-state index contributed by atoms with van der Waals surface area (Å²) in [5.74, 6) is -2.26. The van der Waals surface area contributed by atoms with Gasteiger partial charge in [-0.3, -0.25) is 4.79 Å². The van der Waals surface area contributed by atoms with Gasteiger partial charge in [0, 0.05) is 17.8 Å². The van der Waals surface area contributed by atoms with Gasteiger partial charge in [0.1, 0.15) is 11.5 Å². The lowest BCUT2D eigenvalue weighted by atomic mass is 10.2. The molecule has 1 aromatic carbocycles. The van der Waals surface area contributed by atoms with Gasteiger partial charge in [-0.1, -0.05) is 0 Å². The summed E-state index contributed by atoms with van der Waals surface area (Å²) in [4.78, 5) is 20.0. The Balaban J connectivity index is 1.63. The Kier molecular flexibility index (Phi) is 4.62. The van der Waals surface area contributed by atoms with Crippen molar-refractivity contribution in [3.8, 4) is 0 Å². The Morgan fingerprint density at radius 1 is 1.16 bits per heavy atom. The Morgan fingerprint density at radius 3 is 2.56 bits per heavy atom. The van der Waals surface area contributed by atoms with Crippen LogP contribution in [0.1, 0.15) is 16.9 Å². The summed E-state index contributed by atoms with van der Waals surface area (Å²) in [5, 5.41) is 5.33. The van der Waals surface area contributed by atoms with E-state index in [1.54, 1.807) is 0 Å². The van der Waals surface area contributed by atoms with E-state index in [-0.39, 0.29) is 28.7 Å². The number of carbonyl (C=O) groups is 1. The Labute approximate surface area is 142 Å². The molecule has 1 aromatic heterocycles. The van der Waals surface area contributed by atoms with Gasteiger partial charge >= 0.3 is 0 Å². The number of benzene rings is 1. The van der Waals surface area contributed by atoms with Crippen LogP contribution < -0.4 is 10.6 Å². The monoisotopic (exact) mass is 368 g/mol. The van der Waals surface area contributed by atoms with E-state index >= 15 is 0 Å². The number of nitrogens with one attached hydrogen (secondary N) is 2. The zero-order valence-electron chi connectivity index (χ0n) is 12.9. The van der Waals surface area contributed by atoms with E-state index in [9.17, 15) is 22.0 Å². The van der Waals surface area contributed by atoms with Crippen LogP contribution >= 0.6 is 0 Å². The molecule has 2 heterocycles. The van der Waals surface area contributed by atoms with Gasteiger partial charge in [-0.15, -0.1) is 0 Å². The van der Waals surface area contributed by atoms with Crippen molar-refractivity contribution >= 4 is 27.2 Å². The van der Waals surface area contributed by atoms with Gasteiger partial charge in [0.05, 0.1) is 23.9 Å². The first-order chi connectivity index (χ1) is 11.8. The van der Waals surface area contributed by atoms with Gasteiger partial charge < -0.3 is 10.6 Å². The highest BCUT2D eigenvalue weighted by atomic mass is 32.2. The maximum Gasteiger partial charge on any atom is 0.271 e. The van der Waals surface area contributed by atoms with E-state index in [0.29, 0.717) is 6.42 Å². The first-order valence-electron chi connectivity index (χ1n) is 7.38. The molecule has 2 aromatic rings. The van der Waals surface area contributed by atoms with E-state index in [1.807, 2.05) is 0 Å². The second-order valence-corrected chi connectivity index (χ2v) is 7.84. The third kappa shape index (κ3) is 4.27. The second-order valence-electron chi connectivity index (χ2n) is 5.61. The molecule has 1 amide bonds. The molecular formula is C15H14F2N4O3S. The fraction of sp³-hybridized carbons (Fsp3) is 0.267. The standard InChI is InChI=1S/C15H14F2N4O3S/c16-11-2-1-9(5-12(11)17)20-14-7-18-13(6-19-14)15(22)21-10-3-4-25(23,24)8-10/h1-2,5-7,10H,3-4,8H2,(H,19,20)(H,21,22). The minimum absolute atomic E-state index is 0.0279. The summed E-state index contributed by atoms with van der Waals surface area (Å²) in [7, 11) is -3.09. The van der Waals surface area contributed by atoms with Crippen LogP contribution in [0, 0.1) is 11.6 Å². The maximum absolute atomic E-state index is 13.2. The summed E-state index contributed by atoms with van der Waals surface area (Å²) in [5.41, 5.74) is 0.307. The highest BCUT2D eigenvalue weighted by Crippen LogP contribution is 2.17. The Bertz CT molecular complexity index is 903. The van der Waals surface area contributed by atoms with Gasteiger partial charge in [0.2, 0.25) is 0 Å². The van der Waals surface area contributed by atoms with E-state index in [1.165, 1.54) is 18.5 Å². The third-order valence-corrected chi connectivity index (χ3v) is 5.41. The molecule has 1 fully saturated rings. The average molecular weight is 368 g/mol. The van der Waals surface area contributed by atoms with Crippen LogP contribution in [0.15, 0.2) is 30.6 Å². The number of nitrogens with zero attached hydrogens (tertiary/aromatic N) is 2. The molecule has 1 aliphatic heterocycles. The Hall–Kier alpha value is -2.62. The first-order valence-corrected chi connectivity index (χ1v) is 9.20. The lowest BCUT2D eigenvalue weighted by Gasteiger charge is -2.10. The van der Waals surface area contributed by atoms with Gasteiger partial charge in [-0.25, -0.2) is 27.2 Å². The Morgan fingerprint density at radius 2 is 1.96 bits per heavy atom. The van der Waals surface area contributed by atoms with E-state index < -0.39 is 33.4 Å². The predicted octanol–water partition coefficient (Wildman–Crippen LogP) is 1.42. The number of amides is 1. The zero-order chi connectivity index (χ0) is 18.0. The van der Waals surface area contributed by atoms with Crippen LogP contribution in [-0.4, -0.2) is 41.8 Å². The first kappa shape index (κ1) is 17.2. The summed E-state index contributed by atoms with van der Waals surface area (Å²) in [6.07, 6.45) is 2.85. The van der Waals surface area contributed by atoms with Crippen molar-refractivity contribution in [2.75, 3.05) is 16.8 Å². The molecule has 0 radical (unpaired) electrons. The van der Waals surface area contributed by atoms with Crippen molar-refractivity contribution < 1.29 is 22.0 Å². The molecule has 10 heteroatoms. The normalized spacial score (nSPS) is 18.7. The maximum atomic E-state index is 13.2. The van der Waals surface area contributed by atoms with Crippen LogP contribution in [0.2, 0.25) is 0 Å². The topological polar surface area (TPSA) is 101 Å². The summed E-state index contributed by atoms with van der Waals surface area (Å²) >= 11 is 0. The second kappa shape index (κ2) is 6.71. The largest absolute Gasteiger partial charge is 0.347 e. The zero-order valence-corrected chi connectivity index (χ0v) is 13.7. The van der Waals surface area contributed by atoms with E-state index in [2.05, 4.69) is 20.6 Å². The SMILES string of the molecule is O=C(NC1CCS(=O)(=O)C1)c1cnc(Nc2ccc(F)c(F)c2)cn1. The molecule has 0 aliphatic carbocycles. The van der Waals surface area contributed by atoms with E-state index in [4.69, 9.17) is 0 Å². The summed E-state index contributed by atoms with van der Waals surface area (Å²) < 4.78 is 48.8. The fourth-order valence-electron chi connectivity index (χ4n) is 2.40. The molecule has 3 rings (SSSR count). The van der Waals surface area contributed by atoms with Crippen LogP contribution in [0.25, 0.3) is 0 Å². The van der Waals surface area contributed by atoms with Crippen molar-refractivity contribution in [1.29, 1.82) is 0 Å². The number of carbonyl (C=O) groups excluding carboxylic acids is 1. The molecule has 132 valence electrons. The average Bonchev–Trinajstić information content (AvgIpc) is 2.90. The quantitative estimate of drug-likeness (QED) is 0.846. The van der Waals surface area contributed by atoms with Crippen LogP contribution in [0.5, 0.6) is 0 Å². The molecule has 0 bridgehead atoms. The molecule has 7 nitrogen and oxygen atoms in total. The highest BCUT2D eigenvalue weighted by molar-refractivity contribution is 7.91. The van der Waals surface area contributed by atoms with Crippen LogP contribution in [0.4, 0.5) is 20.3 Å². The van der Waals surface area contributed by atoms with Gasteiger partial charge in [0.15, 0.2) is 21.5 Å². The van der Waals surface area contributed by atoms with Crippen LogP contribution in [-0.2, 0) is 9.84 Å². The third-order valence-electron chi connectivity index (χ3n) is 3.64. The minimum Gasteiger partial charge on any atom is -0.347 e. The van der Waals surface area contributed by atoms with Crippen molar-refractivity contribution in [3.05, 3.63) is 47.9 Å². The van der Waals surface area contributed by atoms with Gasteiger partial charge in [-0.2, -0.15) is 0 Å². The summed E-state index contributed by atoms with van der Waals surface area (Å²) in [6.45, 7) is 0. The van der Waals surface area contributed by atoms with Crippen molar-refractivity contribution in [1.82, 2.24) is 15.3 Å². The predicted molar refractivity (Wildman–Crippen MR) is 86.2 cm³/mol. The smallest absolute Gasteiger partial charge is 0.271 e. The molecule has 25 heavy (non-hydrogen) atoms. The molecule has 2 N–H and O–H groups in total. The minimum atomic E-state index is -3.09. The lowest BCUT2D eigenvalue weighted by molar-refractivity contribution is 0.0935. The number of hydrogen-bond donors (Lipinski definition) is 2. The van der Waals surface area contributed by atoms with Crippen molar-refractivity contribution in [2.24, 2.45) is 0 Å². The number of anilines is 2. The molecule has 1 unspecified atom stereocenters. The van der Waals surface area contributed by atoms with Crippen LogP contribution in [0.3, 0.4) is 0 Å². The fourth-order valence-corrected chi connectivity index (χ4v) is 4.07. The molecule has 1 atom stereocenters. The highest BCUT2D eigenvalue weighted by Gasteiger charge is 2.29.